The van der Waals surface area contributed by atoms with Gasteiger partial charge in [-0.25, -0.2) is 4.99 Å². The predicted octanol–water partition coefficient (Wildman–Crippen LogP) is 3.73. The van der Waals surface area contributed by atoms with Gasteiger partial charge in [0.15, 0.2) is 5.96 Å². The molecule has 2 N–H and O–H groups in total. The van der Waals surface area contributed by atoms with Crippen molar-refractivity contribution >= 4 is 29.9 Å². The highest BCUT2D eigenvalue weighted by molar-refractivity contribution is 14.0. The molecule has 0 radical (unpaired) electrons. The Morgan fingerprint density at radius 3 is 2.73 bits per heavy atom. The van der Waals surface area contributed by atoms with Crippen LogP contribution >= 0.6 is 24.0 Å². The van der Waals surface area contributed by atoms with Gasteiger partial charge in [-0.05, 0) is 50.3 Å². The molecule has 0 aromatic heterocycles. The molecule has 1 saturated heterocycles. The van der Waals surface area contributed by atoms with Gasteiger partial charge < -0.3 is 24.8 Å². The number of hydrogen-bond acceptors (Lipinski definition) is 4. The van der Waals surface area contributed by atoms with Crippen molar-refractivity contribution in [3.8, 4) is 5.75 Å². The van der Waals surface area contributed by atoms with E-state index >= 15 is 0 Å². The van der Waals surface area contributed by atoms with Gasteiger partial charge in [0.25, 0.3) is 0 Å². The van der Waals surface area contributed by atoms with Gasteiger partial charge in [-0.1, -0.05) is 18.6 Å². The first kappa shape index (κ1) is 23.6. The molecule has 7 heteroatoms. The van der Waals surface area contributed by atoms with E-state index in [1.54, 1.807) is 7.11 Å². The summed E-state index contributed by atoms with van der Waals surface area (Å²) in [5.41, 5.74) is 1.52. The Balaban J connectivity index is 0.00000256. The maximum absolute atomic E-state index is 6.07. The van der Waals surface area contributed by atoms with Crippen molar-refractivity contribution < 1.29 is 14.2 Å². The molecule has 1 spiro atoms. The predicted molar refractivity (Wildman–Crippen MR) is 130 cm³/mol. The van der Waals surface area contributed by atoms with E-state index < -0.39 is 0 Å². The molecule has 3 fully saturated rings. The van der Waals surface area contributed by atoms with Crippen LogP contribution in [-0.2, 0) is 16.0 Å². The zero-order valence-electron chi connectivity index (χ0n) is 18.2. The fourth-order valence-corrected chi connectivity index (χ4v) is 5.18. The molecule has 30 heavy (non-hydrogen) atoms. The third-order valence-electron chi connectivity index (χ3n) is 6.87. The van der Waals surface area contributed by atoms with Gasteiger partial charge >= 0.3 is 0 Å². The van der Waals surface area contributed by atoms with E-state index in [0.717, 1.165) is 44.5 Å². The number of ether oxygens (including phenoxy) is 3. The maximum atomic E-state index is 6.07. The minimum atomic E-state index is 0. The van der Waals surface area contributed by atoms with E-state index in [0.29, 0.717) is 30.0 Å². The average Bonchev–Trinajstić information content (AvgIpc) is 3.13. The summed E-state index contributed by atoms with van der Waals surface area (Å²) < 4.78 is 16.8. The SMILES string of the molecule is CCOCCCNC(=NCc1ccc(OC)cc1)NC1C2CCOC2C12CCC2.I. The lowest BCUT2D eigenvalue weighted by Crippen LogP contribution is -2.72. The number of halogens is 1. The molecule has 1 aromatic rings. The summed E-state index contributed by atoms with van der Waals surface area (Å²) >= 11 is 0. The molecule has 1 heterocycles. The number of benzene rings is 1. The van der Waals surface area contributed by atoms with Gasteiger partial charge in [0.1, 0.15) is 5.75 Å². The molecule has 0 bridgehead atoms. The van der Waals surface area contributed by atoms with Gasteiger partial charge in [-0.15, -0.1) is 24.0 Å². The molecular weight excluding hydrogens is 493 g/mol. The summed E-state index contributed by atoms with van der Waals surface area (Å²) in [5, 5.41) is 7.32. The summed E-state index contributed by atoms with van der Waals surface area (Å²) in [6.07, 6.45) is 6.49. The lowest BCUT2D eigenvalue weighted by molar-refractivity contribution is -0.171. The van der Waals surface area contributed by atoms with Crippen molar-refractivity contribution in [1.82, 2.24) is 10.6 Å². The van der Waals surface area contributed by atoms with Crippen LogP contribution in [0.2, 0.25) is 0 Å². The smallest absolute Gasteiger partial charge is 0.191 e. The molecule has 6 nitrogen and oxygen atoms in total. The van der Waals surface area contributed by atoms with Crippen molar-refractivity contribution in [2.75, 3.05) is 33.5 Å². The molecule has 0 amide bonds. The van der Waals surface area contributed by atoms with Crippen LogP contribution in [0.5, 0.6) is 5.75 Å². The van der Waals surface area contributed by atoms with Crippen molar-refractivity contribution in [1.29, 1.82) is 0 Å². The fourth-order valence-electron chi connectivity index (χ4n) is 5.18. The van der Waals surface area contributed by atoms with Crippen LogP contribution in [0.25, 0.3) is 0 Å². The first-order valence-corrected chi connectivity index (χ1v) is 11.1. The molecule has 3 aliphatic rings. The monoisotopic (exact) mass is 529 g/mol. The van der Waals surface area contributed by atoms with E-state index in [-0.39, 0.29) is 24.0 Å². The summed E-state index contributed by atoms with van der Waals surface area (Å²) in [4.78, 5) is 4.90. The number of fused-ring (bicyclic) bond motifs is 2. The molecule has 2 saturated carbocycles. The molecule has 2 aliphatic carbocycles. The Morgan fingerprint density at radius 2 is 2.07 bits per heavy atom. The van der Waals surface area contributed by atoms with Gasteiger partial charge in [-0.2, -0.15) is 0 Å². The van der Waals surface area contributed by atoms with E-state index in [1.165, 1.54) is 31.2 Å². The average molecular weight is 529 g/mol. The number of methoxy groups -OCH3 is 1. The number of guanidine groups is 1. The maximum Gasteiger partial charge on any atom is 0.191 e. The molecule has 168 valence electrons. The van der Waals surface area contributed by atoms with Crippen LogP contribution in [0.1, 0.15) is 44.6 Å². The second-order valence-corrected chi connectivity index (χ2v) is 8.44. The zero-order chi connectivity index (χ0) is 20.1. The van der Waals surface area contributed by atoms with E-state index in [9.17, 15) is 0 Å². The molecule has 4 rings (SSSR count). The molecular formula is C23H36IN3O3. The van der Waals surface area contributed by atoms with Crippen LogP contribution in [-0.4, -0.2) is 51.6 Å². The third-order valence-corrected chi connectivity index (χ3v) is 6.87. The first-order valence-electron chi connectivity index (χ1n) is 11.1. The Labute approximate surface area is 197 Å². The largest absolute Gasteiger partial charge is 0.497 e. The van der Waals surface area contributed by atoms with E-state index in [2.05, 4.69) is 22.8 Å². The molecule has 1 aromatic carbocycles. The third kappa shape index (κ3) is 4.88. The van der Waals surface area contributed by atoms with E-state index in [4.69, 9.17) is 19.2 Å². The Kier molecular flexibility index (Phi) is 8.65. The van der Waals surface area contributed by atoms with Crippen LogP contribution in [0, 0.1) is 11.3 Å². The van der Waals surface area contributed by atoms with Crippen molar-refractivity contribution in [3.05, 3.63) is 29.8 Å². The second-order valence-electron chi connectivity index (χ2n) is 8.44. The fraction of sp³-hybridized carbons (Fsp3) is 0.696. The highest BCUT2D eigenvalue weighted by Gasteiger charge is 2.66. The lowest BCUT2D eigenvalue weighted by atomic mass is 9.46. The van der Waals surface area contributed by atoms with Crippen LogP contribution in [0.15, 0.2) is 29.3 Å². The zero-order valence-corrected chi connectivity index (χ0v) is 20.5. The number of nitrogens with zero attached hydrogens (tertiary/aromatic N) is 1. The minimum absolute atomic E-state index is 0. The van der Waals surface area contributed by atoms with Gasteiger partial charge in [0.2, 0.25) is 0 Å². The summed E-state index contributed by atoms with van der Waals surface area (Å²) in [6, 6.07) is 8.61. The quantitative estimate of drug-likeness (QED) is 0.221. The van der Waals surface area contributed by atoms with Gasteiger partial charge in [-0.3, -0.25) is 0 Å². The normalized spacial score (nSPS) is 26.2. The summed E-state index contributed by atoms with van der Waals surface area (Å²) in [7, 11) is 1.69. The second kappa shape index (κ2) is 11.0. The summed E-state index contributed by atoms with van der Waals surface area (Å²) in [5.74, 6) is 2.42. The first-order chi connectivity index (χ1) is 14.3. The van der Waals surface area contributed by atoms with Gasteiger partial charge in [0, 0.05) is 43.7 Å². The standard InChI is InChI=1S/C23H35N3O3.HI/c1-3-28-14-5-13-24-22(25-16-17-6-8-18(27-2)9-7-17)26-20-19-10-15-29-21(19)23(20)11-4-12-23;/h6-9,19-21H,3-5,10-16H2,1-2H3,(H2,24,25,26);1H. The summed E-state index contributed by atoms with van der Waals surface area (Å²) in [6.45, 7) is 6.00. The van der Waals surface area contributed by atoms with Crippen LogP contribution in [0.3, 0.4) is 0 Å². The Bertz CT molecular complexity index is 693. The van der Waals surface area contributed by atoms with Crippen molar-refractivity contribution in [2.45, 2.75) is 57.7 Å². The number of hydrogen-bond donors (Lipinski definition) is 2. The van der Waals surface area contributed by atoms with Crippen molar-refractivity contribution in [2.24, 2.45) is 16.3 Å². The topological polar surface area (TPSA) is 64.1 Å². The van der Waals surface area contributed by atoms with Crippen LogP contribution in [0.4, 0.5) is 0 Å². The number of rotatable bonds is 9. The Hall–Kier alpha value is -1.06. The number of aliphatic imine (C=N–C) groups is 1. The van der Waals surface area contributed by atoms with Crippen molar-refractivity contribution in [3.63, 3.8) is 0 Å². The Morgan fingerprint density at radius 1 is 1.27 bits per heavy atom. The molecule has 1 aliphatic heterocycles. The van der Waals surface area contributed by atoms with Crippen LogP contribution < -0.4 is 15.4 Å². The van der Waals surface area contributed by atoms with Gasteiger partial charge in [0.05, 0.1) is 19.8 Å². The van der Waals surface area contributed by atoms with E-state index in [1.807, 2.05) is 19.1 Å². The molecule has 3 atom stereocenters. The lowest BCUT2D eigenvalue weighted by Gasteiger charge is -2.63. The number of nitrogens with one attached hydrogen (secondary N) is 2. The molecule has 3 unspecified atom stereocenters. The highest BCUT2D eigenvalue weighted by Crippen LogP contribution is 2.62. The highest BCUT2D eigenvalue weighted by atomic mass is 127. The minimum Gasteiger partial charge on any atom is -0.497 e.